The maximum atomic E-state index is 2.24. The molecule has 0 N–H and O–H groups in total. The van der Waals surface area contributed by atoms with Gasteiger partial charge in [-0.05, 0) is 18.4 Å². The Labute approximate surface area is 66.4 Å². The van der Waals surface area contributed by atoms with Crippen LogP contribution in [0.15, 0.2) is 24.5 Å². The van der Waals surface area contributed by atoms with Crippen molar-refractivity contribution in [2.45, 2.75) is 18.7 Å². The van der Waals surface area contributed by atoms with Crippen molar-refractivity contribution >= 4 is 11.8 Å². The van der Waals surface area contributed by atoms with Crippen LogP contribution < -0.4 is 0 Å². The molecule has 0 aromatic carbocycles. The summed E-state index contributed by atoms with van der Waals surface area (Å²) < 4.78 is 2.21. The van der Waals surface area contributed by atoms with Crippen LogP contribution in [0, 0.1) is 0 Å². The lowest BCUT2D eigenvalue weighted by Crippen LogP contribution is -2.06. The monoisotopic (exact) mass is 155 g/mol. The standard InChI is InChI=1S/C8H13NS/c1-8(10-2)7-9-5-3-4-6-9/h3-6,8H,7H2,1-2H3. The second-order valence-electron chi connectivity index (χ2n) is 2.43. The summed E-state index contributed by atoms with van der Waals surface area (Å²) in [6.07, 6.45) is 6.35. The number of aromatic nitrogens is 1. The van der Waals surface area contributed by atoms with Crippen LogP contribution in [0.4, 0.5) is 0 Å². The first-order valence-electron chi connectivity index (χ1n) is 3.46. The van der Waals surface area contributed by atoms with Crippen molar-refractivity contribution in [1.82, 2.24) is 4.57 Å². The highest BCUT2D eigenvalue weighted by Gasteiger charge is 1.97. The van der Waals surface area contributed by atoms with Gasteiger partial charge < -0.3 is 4.57 Å². The van der Waals surface area contributed by atoms with E-state index in [1.807, 2.05) is 11.8 Å². The summed E-state index contributed by atoms with van der Waals surface area (Å²) in [5.74, 6) is 0. The molecule has 0 bridgehead atoms. The summed E-state index contributed by atoms with van der Waals surface area (Å²) in [7, 11) is 0. The van der Waals surface area contributed by atoms with E-state index in [1.165, 1.54) is 0 Å². The maximum absolute atomic E-state index is 2.24. The predicted octanol–water partition coefficient (Wildman–Crippen LogP) is 2.24. The molecule has 1 atom stereocenters. The smallest absolute Gasteiger partial charge is 0.0336 e. The maximum Gasteiger partial charge on any atom is 0.0336 e. The minimum atomic E-state index is 0.715. The number of nitrogens with zero attached hydrogens (tertiary/aromatic N) is 1. The van der Waals surface area contributed by atoms with Gasteiger partial charge >= 0.3 is 0 Å². The lowest BCUT2D eigenvalue weighted by molar-refractivity contribution is 0.697. The van der Waals surface area contributed by atoms with E-state index in [9.17, 15) is 0 Å². The first-order valence-corrected chi connectivity index (χ1v) is 4.75. The Morgan fingerprint density at radius 2 is 2.00 bits per heavy atom. The third-order valence-electron chi connectivity index (χ3n) is 1.54. The van der Waals surface area contributed by atoms with Gasteiger partial charge in [0, 0.05) is 24.2 Å². The van der Waals surface area contributed by atoms with Crippen molar-refractivity contribution in [3.05, 3.63) is 24.5 Å². The van der Waals surface area contributed by atoms with Gasteiger partial charge in [0.15, 0.2) is 0 Å². The molecule has 0 aliphatic rings. The Balaban J connectivity index is 2.40. The first-order chi connectivity index (χ1) is 4.83. The number of rotatable bonds is 3. The van der Waals surface area contributed by atoms with Crippen molar-refractivity contribution in [3.63, 3.8) is 0 Å². The molecule has 1 nitrogen and oxygen atoms in total. The molecule has 10 heavy (non-hydrogen) atoms. The van der Waals surface area contributed by atoms with Crippen LogP contribution >= 0.6 is 11.8 Å². The van der Waals surface area contributed by atoms with Crippen molar-refractivity contribution < 1.29 is 0 Å². The molecule has 0 fully saturated rings. The molecular weight excluding hydrogens is 142 g/mol. The lowest BCUT2D eigenvalue weighted by Gasteiger charge is -2.07. The molecule has 1 aromatic rings. The molecule has 1 heterocycles. The van der Waals surface area contributed by atoms with Crippen molar-refractivity contribution in [3.8, 4) is 0 Å². The average molecular weight is 155 g/mol. The first kappa shape index (κ1) is 7.73. The zero-order valence-electron chi connectivity index (χ0n) is 6.45. The molecule has 2 heteroatoms. The molecule has 1 aromatic heterocycles. The van der Waals surface area contributed by atoms with Crippen LogP contribution in [0.1, 0.15) is 6.92 Å². The Morgan fingerprint density at radius 3 is 2.50 bits per heavy atom. The van der Waals surface area contributed by atoms with Gasteiger partial charge in [-0.2, -0.15) is 11.8 Å². The summed E-state index contributed by atoms with van der Waals surface area (Å²) in [6.45, 7) is 3.36. The Bertz CT molecular complexity index is 169. The largest absolute Gasteiger partial charge is 0.353 e. The second kappa shape index (κ2) is 3.71. The van der Waals surface area contributed by atoms with Crippen LogP contribution in [0.5, 0.6) is 0 Å². The van der Waals surface area contributed by atoms with Crippen LogP contribution in [0.25, 0.3) is 0 Å². The second-order valence-corrected chi connectivity index (χ2v) is 3.70. The fourth-order valence-corrected chi connectivity index (χ4v) is 1.18. The Kier molecular flexibility index (Phi) is 2.87. The van der Waals surface area contributed by atoms with Gasteiger partial charge in [-0.25, -0.2) is 0 Å². The van der Waals surface area contributed by atoms with E-state index < -0.39 is 0 Å². The van der Waals surface area contributed by atoms with E-state index in [2.05, 4.69) is 42.3 Å². The SMILES string of the molecule is CSC(C)Cn1cccc1. The van der Waals surface area contributed by atoms with Gasteiger partial charge in [0.25, 0.3) is 0 Å². The minimum absolute atomic E-state index is 0.715. The molecule has 0 aliphatic carbocycles. The molecule has 0 aliphatic heterocycles. The quantitative estimate of drug-likeness (QED) is 0.648. The van der Waals surface area contributed by atoms with Crippen LogP contribution in [-0.4, -0.2) is 16.1 Å². The van der Waals surface area contributed by atoms with E-state index in [-0.39, 0.29) is 0 Å². The van der Waals surface area contributed by atoms with E-state index in [0.717, 1.165) is 6.54 Å². The molecule has 0 amide bonds. The zero-order valence-corrected chi connectivity index (χ0v) is 7.27. The molecule has 1 rings (SSSR count). The van der Waals surface area contributed by atoms with Crippen LogP contribution in [0.2, 0.25) is 0 Å². The summed E-state index contributed by atoms with van der Waals surface area (Å²) >= 11 is 1.90. The Hall–Kier alpha value is -0.370. The molecule has 0 saturated carbocycles. The normalized spacial score (nSPS) is 13.4. The minimum Gasteiger partial charge on any atom is -0.353 e. The van der Waals surface area contributed by atoms with E-state index in [1.54, 1.807) is 0 Å². The van der Waals surface area contributed by atoms with Crippen molar-refractivity contribution in [2.24, 2.45) is 0 Å². The predicted molar refractivity (Wildman–Crippen MR) is 47.4 cm³/mol. The van der Waals surface area contributed by atoms with Gasteiger partial charge in [-0.15, -0.1) is 0 Å². The summed E-state index contributed by atoms with van der Waals surface area (Å²) in [5, 5.41) is 0.715. The molecule has 0 saturated heterocycles. The highest BCUT2D eigenvalue weighted by molar-refractivity contribution is 7.99. The highest BCUT2D eigenvalue weighted by atomic mass is 32.2. The number of hydrogen-bond acceptors (Lipinski definition) is 1. The van der Waals surface area contributed by atoms with Gasteiger partial charge in [0.1, 0.15) is 0 Å². The van der Waals surface area contributed by atoms with E-state index in [0.29, 0.717) is 5.25 Å². The third-order valence-corrected chi connectivity index (χ3v) is 2.49. The molecule has 0 radical (unpaired) electrons. The van der Waals surface area contributed by atoms with Gasteiger partial charge in [-0.3, -0.25) is 0 Å². The topological polar surface area (TPSA) is 4.93 Å². The molecule has 1 unspecified atom stereocenters. The van der Waals surface area contributed by atoms with Gasteiger partial charge in [0.05, 0.1) is 0 Å². The Morgan fingerprint density at radius 1 is 1.40 bits per heavy atom. The fraction of sp³-hybridized carbons (Fsp3) is 0.500. The van der Waals surface area contributed by atoms with Gasteiger partial charge in [-0.1, -0.05) is 6.92 Å². The van der Waals surface area contributed by atoms with E-state index in [4.69, 9.17) is 0 Å². The van der Waals surface area contributed by atoms with Crippen molar-refractivity contribution in [2.75, 3.05) is 6.26 Å². The van der Waals surface area contributed by atoms with Crippen molar-refractivity contribution in [1.29, 1.82) is 0 Å². The van der Waals surface area contributed by atoms with Crippen LogP contribution in [-0.2, 0) is 6.54 Å². The zero-order chi connectivity index (χ0) is 7.40. The van der Waals surface area contributed by atoms with E-state index >= 15 is 0 Å². The average Bonchev–Trinajstić information content (AvgIpc) is 2.40. The number of hydrogen-bond donors (Lipinski definition) is 0. The number of thioether (sulfide) groups is 1. The highest BCUT2D eigenvalue weighted by Crippen LogP contribution is 2.07. The molecule has 56 valence electrons. The van der Waals surface area contributed by atoms with Crippen LogP contribution in [0.3, 0.4) is 0 Å². The van der Waals surface area contributed by atoms with Gasteiger partial charge in [0.2, 0.25) is 0 Å². The fourth-order valence-electron chi connectivity index (χ4n) is 0.863. The summed E-state index contributed by atoms with van der Waals surface area (Å²) in [5.41, 5.74) is 0. The lowest BCUT2D eigenvalue weighted by atomic mass is 10.5. The summed E-state index contributed by atoms with van der Waals surface area (Å²) in [6, 6.07) is 4.13. The summed E-state index contributed by atoms with van der Waals surface area (Å²) in [4.78, 5) is 0. The molecule has 0 spiro atoms. The third kappa shape index (κ3) is 2.10. The molecular formula is C8H13NS.